The van der Waals surface area contributed by atoms with Gasteiger partial charge in [0.15, 0.2) is 0 Å². The Kier molecular flexibility index (Phi) is 4.90. The van der Waals surface area contributed by atoms with Gasteiger partial charge >= 0.3 is 5.97 Å². The van der Waals surface area contributed by atoms with Crippen LogP contribution in [0.5, 0.6) is 0 Å². The molecule has 0 radical (unpaired) electrons. The Morgan fingerprint density at radius 3 is 2.35 bits per heavy atom. The van der Waals surface area contributed by atoms with Crippen LogP contribution >= 0.6 is 0 Å². The average molecular weight is 312 g/mol. The summed E-state index contributed by atoms with van der Waals surface area (Å²) in [5.74, 6) is -0.314. The molecule has 0 unspecified atom stereocenters. The summed E-state index contributed by atoms with van der Waals surface area (Å²) in [5, 5.41) is 9.93. The molecule has 1 N–H and O–H groups in total. The second kappa shape index (κ2) is 6.55. The Balaban J connectivity index is 2.39. The zero-order valence-electron chi connectivity index (χ0n) is 14.4. The molecule has 23 heavy (non-hydrogen) atoms. The second-order valence-corrected chi connectivity index (χ2v) is 6.79. The monoisotopic (exact) mass is 312 g/mol. The highest BCUT2D eigenvalue weighted by atomic mass is 16.6. The lowest BCUT2D eigenvalue weighted by atomic mass is 9.94. The van der Waals surface area contributed by atoms with E-state index in [0.29, 0.717) is 5.56 Å². The molecule has 2 aromatic carbocycles. The van der Waals surface area contributed by atoms with E-state index in [1.807, 2.05) is 64.1 Å². The number of ether oxygens (including phenoxy) is 1. The first-order chi connectivity index (χ1) is 10.7. The van der Waals surface area contributed by atoms with Crippen LogP contribution in [-0.2, 0) is 4.74 Å². The van der Waals surface area contributed by atoms with Gasteiger partial charge in [0.05, 0.1) is 11.7 Å². The number of aliphatic hydroxyl groups is 1. The number of hydrogen-bond acceptors (Lipinski definition) is 3. The number of aliphatic hydroxyl groups excluding tert-OH is 1. The predicted molar refractivity (Wildman–Crippen MR) is 92.4 cm³/mol. The smallest absolute Gasteiger partial charge is 0.338 e. The molecule has 0 aromatic heterocycles. The first kappa shape index (κ1) is 17.2. The summed E-state index contributed by atoms with van der Waals surface area (Å²) in [6, 6.07) is 13.4. The molecule has 0 aliphatic heterocycles. The second-order valence-electron chi connectivity index (χ2n) is 6.79. The van der Waals surface area contributed by atoms with Crippen molar-refractivity contribution in [1.82, 2.24) is 0 Å². The van der Waals surface area contributed by atoms with Crippen LogP contribution in [0.1, 0.15) is 55.3 Å². The third kappa shape index (κ3) is 4.20. The van der Waals surface area contributed by atoms with Crippen molar-refractivity contribution in [2.45, 2.75) is 46.3 Å². The van der Waals surface area contributed by atoms with Gasteiger partial charge in [-0.2, -0.15) is 0 Å². The third-order valence-corrected chi connectivity index (χ3v) is 3.57. The highest BCUT2D eigenvalue weighted by Gasteiger charge is 2.20. The summed E-state index contributed by atoms with van der Waals surface area (Å²) < 4.78 is 5.43. The summed E-state index contributed by atoms with van der Waals surface area (Å²) in [7, 11) is 0. The Morgan fingerprint density at radius 2 is 1.78 bits per heavy atom. The zero-order chi connectivity index (χ0) is 17.2. The van der Waals surface area contributed by atoms with Gasteiger partial charge in [0.2, 0.25) is 0 Å². The number of hydrogen-bond donors (Lipinski definition) is 1. The van der Waals surface area contributed by atoms with Gasteiger partial charge in [0.25, 0.3) is 0 Å². The maximum atomic E-state index is 12.2. The molecule has 0 fully saturated rings. The van der Waals surface area contributed by atoms with Crippen molar-refractivity contribution in [1.29, 1.82) is 0 Å². The van der Waals surface area contributed by atoms with E-state index in [4.69, 9.17) is 4.74 Å². The molecule has 3 nitrogen and oxygen atoms in total. The number of rotatable bonds is 3. The number of carbonyl (C=O) groups is 1. The predicted octanol–water partition coefficient (Wildman–Crippen LogP) is 4.67. The van der Waals surface area contributed by atoms with Crippen molar-refractivity contribution < 1.29 is 14.6 Å². The lowest BCUT2D eigenvalue weighted by Crippen LogP contribution is -2.24. The number of benzene rings is 2. The summed E-state index contributed by atoms with van der Waals surface area (Å²) >= 11 is 0. The van der Waals surface area contributed by atoms with Gasteiger partial charge in [-0.05, 0) is 62.9 Å². The van der Waals surface area contributed by atoms with Crippen LogP contribution in [0.2, 0.25) is 0 Å². The molecule has 122 valence electrons. The molecule has 0 saturated heterocycles. The van der Waals surface area contributed by atoms with Crippen molar-refractivity contribution in [2.24, 2.45) is 0 Å². The van der Waals surface area contributed by atoms with E-state index < -0.39 is 11.7 Å². The van der Waals surface area contributed by atoms with Crippen molar-refractivity contribution >= 4 is 5.97 Å². The SMILES string of the molecule is Cc1cc(-c2ccccc2[C@@H](C)O)ccc1C(=O)OC(C)(C)C. The minimum absolute atomic E-state index is 0.314. The fourth-order valence-electron chi connectivity index (χ4n) is 2.52. The molecule has 0 aliphatic rings. The molecule has 2 aromatic rings. The van der Waals surface area contributed by atoms with E-state index >= 15 is 0 Å². The maximum Gasteiger partial charge on any atom is 0.338 e. The van der Waals surface area contributed by atoms with Gasteiger partial charge in [-0.15, -0.1) is 0 Å². The Bertz CT molecular complexity index is 709. The fraction of sp³-hybridized carbons (Fsp3) is 0.350. The van der Waals surface area contributed by atoms with E-state index in [1.165, 1.54) is 0 Å². The first-order valence-electron chi connectivity index (χ1n) is 7.80. The van der Waals surface area contributed by atoms with Gasteiger partial charge in [-0.1, -0.05) is 36.4 Å². The lowest BCUT2D eigenvalue weighted by Gasteiger charge is -2.20. The largest absolute Gasteiger partial charge is 0.456 e. The molecule has 0 bridgehead atoms. The first-order valence-corrected chi connectivity index (χ1v) is 7.80. The minimum Gasteiger partial charge on any atom is -0.456 e. The van der Waals surface area contributed by atoms with Gasteiger partial charge in [0.1, 0.15) is 5.60 Å². The number of carbonyl (C=O) groups excluding carboxylic acids is 1. The molecule has 3 heteroatoms. The average Bonchev–Trinajstić information content (AvgIpc) is 2.45. The van der Waals surface area contributed by atoms with Gasteiger partial charge in [-0.3, -0.25) is 0 Å². The standard InChI is InChI=1S/C20H24O3/c1-13-12-15(18-9-7-6-8-17(18)14(2)21)10-11-16(13)19(22)23-20(3,4)5/h6-12,14,21H,1-5H3/t14-/m1/s1. The lowest BCUT2D eigenvalue weighted by molar-refractivity contribution is 0.00688. The van der Waals surface area contributed by atoms with E-state index in [1.54, 1.807) is 13.0 Å². The maximum absolute atomic E-state index is 12.2. The van der Waals surface area contributed by atoms with Crippen LogP contribution in [0, 0.1) is 6.92 Å². The highest BCUT2D eigenvalue weighted by Crippen LogP contribution is 2.30. The van der Waals surface area contributed by atoms with Crippen LogP contribution in [0.3, 0.4) is 0 Å². The fourth-order valence-corrected chi connectivity index (χ4v) is 2.52. The van der Waals surface area contributed by atoms with Gasteiger partial charge in [0, 0.05) is 0 Å². The highest BCUT2D eigenvalue weighted by molar-refractivity contribution is 5.92. The van der Waals surface area contributed by atoms with E-state index in [9.17, 15) is 9.90 Å². The molecule has 2 rings (SSSR count). The zero-order valence-corrected chi connectivity index (χ0v) is 14.4. The normalized spacial score (nSPS) is 12.8. The van der Waals surface area contributed by atoms with Crippen molar-refractivity contribution in [2.75, 3.05) is 0 Å². The number of esters is 1. The summed E-state index contributed by atoms with van der Waals surface area (Å²) in [5.41, 5.74) is 3.74. The van der Waals surface area contributed by atoms with Crippen LogP contribution in [0.15, 0.2) is 42.5 Å². The van der Waals surface area contributed by atoms with Crippen molar-refractivity contribution in [3.63, 3.8) is 0 Å². The summed E-state index contributed by atoms with van der Waals surface area (Å²) in [6.07, 6.45) is -0.544. The van der Waals surface area contributed by atoms with E-state index in [2.05, 4.69) is 0 Å². The van der Waals surface area contributed by atoms with Crippen LogP contribution in [0.25, 0.3) is 11.1 Å². The van der Waals surface area contributed by atoms with Crippen molar-refractivity contribution in [3.05, 3.63) is 59.2 Å². The minimum atomic E-state index is -0.544. The molecular formula is C20H24O3. The van der Waals surface area contributed by atoms with Crippen LogP contribution < -0.4 is 0 Å². The Labute approximate surface area is 137 Å². The Morgan fingerprint density at radius 1 is 1.13 bits per heavy atom. The molecular weight excluding hydrogens is 288 g/mol. The summed E-state index contributed by atoms with van der Waals surface area (Å²) in [6.45, 7) is 9.21. The number of aryl methyl sites for hydroxylation is 1. The molecule has 0 amide bonds. The van der Waals surface area contributed by atoms with Crippen LogP contribution in [0.4, 0.5) is 0 Å². The summed E-state index contributed by atoms with van der Waals surface area (Å²) in [4.78, 5) is 12.2. The van der Waals surface area contributed by atoms with Gasteiger partial charge < -0.3 is 9.84 Å². The molecule has 0 heterocycles. The van der Waals surface area contributed by atoms with Crippen LogP contribution in [-0.4, -0.2) is 16.7 Å². The van der Waals surface area contributed by atoms with Gasteiger partial charge in [-0.25, -0.2) is 4.79 Å². The Hall–Kier alpha value is -2.13. The molecule has 1 atom stereocenters. The molecule has 0 aliphatic carbocycles. The quantitative estimate of drug-likeness (QED) is 0.838. The topological polar surface area (TPSA) is 46.5 Å². The third-order valence-electron chi connectivity index (χ3n) is 3.57. The molecule has 0 saturated carbocycles. The van der Waals surface area contributed by atoms with E-state index in [0.717, 1.165) is 22.3 Å². The molecule has 0 spiro atoms. The van der Waals surface area contributed by atoms with E-state index in [-0.39, 0.29) is 5.97 Å². The van der Waals surface area contributed by atoms with Crippen molar-refractivity contribution in [3.8, 4) is 11.1 Å².